The molecule has 2 rings (SSSR count). The predicted molar refractivity (Wildman–Crippen MR) is 75.7 cm³/mol. The Bertz CT molecular complexity index is 608. The topological polar surface area (TPSA) is 107 Å². The van der Waals surface area contributed by atoms with Crippen LogP contribution in [0.2, 0.25) is 0 Å². The maximum Gasteiger partial charge on any atom is 0.282 e. The lowest BCUT2D eigenvalue weighted by Crippen LogP contribution is -2.47. The van der Waals surface area contributed by atoms with Gasteiger partial charge in [-0.2, -0.15) is 0 Å². The van der Waals surface area contributed by atoms with Crippen LogP contribution in [0.15, 0.2) is 18.2 Å². The molecule has 7 nitrogen and oxygen atoms in total. The van der Waals surface area contributed by atoms with Gasteiger partial charge in [0.15, 0.2) is 0 Å². The molecule has 0 heterocycles. The number of hydrogen-bond donors (Lipinski definition) is 1. The smallest absolute Gasteiger partial charge is 0.282 e. The summed E-state index contributed by atoms with van der Waals surface area (Å²) < 4.78 is 0. The first-order chi connectivity index (χ1) is 9.84. The van der Waals surface area contributed by atoms with Crippen molar-refractivity contribution in [2.24, 2.45) is 5.73 Å². The zero-order valence-electron chi connectivity index (χ0n) is 11.9. The van der Waals surface area contributed by atoms with E-state index >= 15 is 0 Å². The molecule has 1 aliphatic rings. The van der Waals surface area contributed by atoms with Gasteiger partial charge in [-0.05, 0) is 32.3 Å². The molecule has 21 heavy (non-hydrogen) atoms. The number of nitrogens with two attached hydrogens (primary N) is 1. The third-order valence-corrected chi connectivity index (χ3v) is 3.42. The molecule has 0 bridgehead atoms. The second kappa shape index (κ2) is 5.61. The third-order valence-electron chi connectivity index (χ3n) is 3.42. The van der Waals surface area contributed by atoms with Crippen LogP contribution < -0.4 is 5.73 Å². The van der Waals surface area contributed by atoms with Crippen LogP contribution in [-0.4, -0.2) is 33.7 Å². The summed E-state index contributed by atoms with van der Waals surface area (Å²) in [5.41, 5.74) is 5.72. The van der Waals surface area contributed by atoms with E-state index in [2.05, 4.69) is 0 Å². The van der Waals surface area contributed by atoms with E-state index in [4.69, 9.17) is 5.73 Å². The molecule has 7 heteroatoms. The highest BCUT2D eigenvalue weighted by Gasteiger charge is 2.40. The second-order valence-electron chi connectivity index (χ2n) is 5.26. The van der Waals surface area contributed by atoms with E-state index in [9.17, 15) is 19.7 Å². The molecule has 0 radical (unpaired) electrons. The Morgan fingerprint density at radius 1 is 1.43 bits per heavy atom. The first kappa shape index (κ1) is 15.1. The summed E-state index contributed by atoms with van der Waals surface area (Å²) in [5.74, 6) is -1.13. The van der Waals surface area contributed by atoms with E-state index in [0.29, 0.717) is 18.4 Å². The molecular formula is C14H17N3O4. The van der Waals surface area contributed by atoms with Gasteiger partial charge in [0.1, 0.15) is 5.56 Å². The molecule has 1 atom stereocenters. The molecule has 112 valence electrons. The van der Waals surface area contributed by atoms with Crippen molar-refractivity contribution in [2.45, 2.75) is 38.8 Å². The standard InChI is InChI=1S/C14H17N3O4/c1-8-4-3-5-11(17(20)21)12(8)14(19)16(10-6-7-10)13(18)9(2)15/h3-5,9-10H,6-7,15H2,1-2H3. The lowest BCUT2D eigenvalue weighted by molar-refractivity contribution is -0.385. The first-order valence-corrected chi connectivity index (χ1v) is 6.71. The molecule has 0 spiro atoms. The van der Waals surface area contributed by atoms with Crippen molar-refractivity contribution in [2.75, 3.05) is 0 Å². The highest BCUT2D eigenvalue weighted by molar-refractivity contribution is 6.09. The van der Waals surface area contributed by atoms with Crippen molar-refractivity contribution in [3.05, 3.63) is 39.4 Å². The number of carbonyl (C=O) groups excluding carboxylic acids is 2. The zero-order valence-corrected chi connectivity index (χ0v) is 11.9. The second-order valence-corrected chi connectivity index (χ2v) is 5.26. The lowest BCUT2D eigenvalue weighted by atomic mass is 10.0. The number of carbonyl (C=O) groups is 2. The van der Waals surface area contributed by atoms with Crippen LogP contribution in [-0.2, 0) is 4.79 Å². The van der Waals surface area contributed by atoms with Crippen LogP contribution in [0.25, 0.3) is 0 Å². The van der Waals surface area contributed by atoms with E-state index in [-0.39, 0.29) is 17.3 Å². The number of aryl methyl sites for hydroxylation is 1. The number of nitro groups is 1. The van der Waals surface area contributed by atoms with Crippen LogP contribution in [0, 0.1) is 17.0 Å². The predicted octanol–water partition coefficient (Wildman–Crippen LogP) is 1.38. The zero-order chi connectivity index (χ0) is 15.7. The van der Waals surface area contributed by atoms with Gasteiger partial charge in [0.05, 0.1) is 11.0 Å². The van der Waals surface area contributed by atoms with Crippen molar-refractivity contribution in [3.63, 3.8) is 0 Å². The molecule has 1 aromatic rings. The molecule has 2 amide bonds. The lowest BCUT2D eigenvalue weighted by Gasteiger charge is -2.23. The summed E-state index contributed by atoms with van der Waals surface area (Å²) in [6.07, 6.45) is 1.42. The molecule has 1 unspecified atom stereocenters. The largest absolute Gasteiger partial charge is 0.320 e. The van der Waals surface area contributed by atoms with E-state index < -0.39 is 22.8 Å². The minimum atomic E-state index is -0.822. The number of nitro benzene ring substituents is 1. The van der Waals surface area contributed by atoms with Gasteiger partial charge in [-0.15, -0.1) is 0 Å². The average molecular weight is 291 g/mol. The van der Waals surface area contributed by atoms with E-state index in [1.807, 2.05) is 0 Å². The maximum atomic E-state index is 12.7. The van der Waals surface area contributed by atoms with Crippen molar-refractivity contribution >= 4 is 17.5 Å². The van der Waals surface area contributed by atoms with Gasteiger partial charge in [0, 0.05) is 12.1 Å². The molecule has 1 aliphatic carbocycles. The Balaban J connectivity index is 2.47. The number of benzene rings is 1. The van der Waals surface area contributed by atoms with Gasteiger partial charge in [0.25, 0.3) is 11.6 Å². The normalized spacial score (nSPS) is 15.4. The van der Waals surface area contributed by atoms with Gasteiger partial charge < -0.3 is 5.73 Å². The summed E-state index contributed by atoms with van der Waals surface area (Å²) in [4.78, 5) is 36.4. The number of nitrogens with zero attached hydrogens (tertiary/aromatic N) is 2. The quantitative estimate of drug-likeness (QED) is 0.666. The molecule has 0 aromatic heterocycles. The average Bonchev–Trinajstić information content (AvgIpc) is 3.22. The Morgan fingerprint density at radius 2 is 2.05 bits per heavy atom. The van der Waals surface area contributed by atoms with Gasteiger partial charge in [0.2, 0.25) is 5.91 Å². The van der Waals surface area contributed by atoms with Crippen molar-refractivity contribution in [1.82, 2.24) is 4.90 Å². The fourth-order valence-corrected chi connectivity index (χ4v) is 2.20. The minimum absolute atomic E-state index is 0.0385. The first-order valence-electron chi connectivity index (χ1n) is 6.71. The fraction of sp³-hybridized carbons (Fsp3) is 0.429. The molecule has 1 saturated carbocycles. The highest BCUT2D eigenvalue weighted by atomic mass is 16.6. The van der Waals surface area contributed by atoms with Crippen LogP contribution in [0.1, 0.15) is 35.7 Å². The van der Waals surface area contributed by atoms with Crippen LogP contribution in [0.3, 0.4) is 0 Å². The van der Waals surface area contributed by atoms with Gasteiger partial charge in [-0.25, -0.2) is 0 Å². The van der Waals surface area contributed by atoms with Crippen molar-refractivity contribution < 1.29 is 14.5 Å². The molecule has 0 saturated heterocycles. The number of rotatable bonds is 4. The van der Waals surface area contributed by atoms with E-state index in [1.54, 1.807) is 13.0 Å². The Kier molecular flexibility index (Phi) is 4.04. The maximum absolute atomic E-state index is 12.7. The van der Waals surface area contributed by atoms with Crippen LogP contribution in [0.4, 0.5) is 5.69 Å². The van der Waals surface area contributed by atoms with Crippen molar-refractivity contribution in [3.8, 4) is 0 Å². The summed E-state index contributed by atoms with van der Waals surface area (Å²) in [6, 6.07) is 3.37. The summed E-state index contributed by atoms with van der Waals surface area (Å²) in [5, 5.41) is 11.1. The fourth-order valence-electron chi connectivity index (χ4n) is 2.20. The molecule has 2 N–H and O–H groups in total. The van der Waals surface area contributed by atoms with Crippen LogP contribution in [0.5, 0.6) is 0 Å². The number of imide groups is 1. The SMILES string of the molecule is Cc1cccc([N+](=O)[O-])c1C(=O)N(C(=O)C(C)N)C1CC1. The Labute approximate surface area is 121 Å². The van der Waals surface area contributed by atoms with Crippen LogP contribution >= 0.6 is 0 Å². The molecule has 0 aliphatic heterocycles. The number of hydrogen-bond acceptors (Lipinski definition) is 5. The van der Waals surface area contributed by atoms with E-state index in [1.165, 1.54) is 19.1 Å². The third kappa shape index (κ3) is 2.92. The Morgan fingerprint density at radius 3 is 2.52 bits per heavy atom. The number of amides is 2. The van der Waals surface area contributed by atoms with Gasteiger partial charge >= 0.3 is 0 Å². The summed E-state index contributed by atoms with van der Waals surface area (Å²) in [6.45, 7) is 3.11. The van der Waals surface area contributed by atoms with Gasteiger partial charge in [-0.1, -0.05) is 12.1 Å². The van der Waals surface area contributed by atoms with Gasteiger partial charge in [-0.3, -0.25) is 24.6 Å². The molecular weight excluding hydrogens is 274 g/mol. The monoisotopic (exact) mass is 291 g/mol. The molecule has 1 aromatic carbocycles. The highest BCUT2D eigenvalue weighted by Crippen LogP contribution is 2.32. The summed E-state index contributed by atoms with van der Waals surface area (Å²) >= 11 is 0. The Hall–Kier alpha value is -2.28. The molecule has 1 fully saturated rings. The summed E-state index contributed by atoms with van der Waals surface area (Å²) in [7, 11) is 0. The van der Waals surface area contributed by atoms with E-state index in [0.717, 1.165) is 4.90 Å². The van der Waals surface area contributed by atoms with Crippen molar-refractivity contribution in [1.29, 1.82) is 0 Å². The minimum Gasteiger partial charge on any atom is -0.320 e.